The molecule has 0 spiro atoms. The Hall–Kier alpha value is -3.17. The van der Waals surface area contributed by atoms with Crippen LogP contribution in [0.15, 0.2) is 12.7 Å². The summed E-state index contributed by atoms with van der Waals surface area (Å²) in [6.07, 6.45) is -0.294. The highest BCUT2D eigenvalue weighted by Gasteiger charge is 2.41. The lowest BCUT2D eigenvalue weighted by atomic mass is 9.95. The number of carboxylic acids is 2. The van der Waals surface area contributed by atoms with Crippen LogP contribution in [0.1, 0.15) is 38.1 Å². The highest BCUT2D eigenvalue weighted by Crippen LogP contribution is 2.38. The van der Waals surface area contributed by atoms with Crippen molar-refractivity contribution in [2.24, 2.45) is 0 Å². The lowest BCUT2D eigenvalue weighted by Gasteiger charge is -2.21. The number of aromatic nitrogens is 4. The molecule has 2 saturated heterocycles. The second kappa shape index (κ2) is 9.60. The quantitative estimate of drug-likeness (QED) is 0.470. The summed E-state index contributed by atoms with van der Waals surface area (Å²) in [5, 5.41) is 21.4. The van der Waals surface area contributed by atoms with Crippen molar-refractivity contribution in [1.82, 2.24) is 24.8 Å². The third-order valence-electron chi connectivity index (χ3n) is 5.39. The van der Waals surface area contributed by atoms with Gasteiger partial charge in [0.05, 0.1) is 12.4 Å². The maximum atomic E-state index is 10.6. The van der Waals surface area contributed by atoms with E-state index in [0.717, 1.165) is 17.0 Å². The molecule has 4 N–H and O–H groups in total. The Morgan fingerprint density at radius 3 is 2.00 bits per heavy atom. The molecule has 34 heavy (non-hydrogen) atoms. The van der Waals surface area contributed by atoms with Crippen LogP contribution in [0.25, 0.3) is 11.2 Å². The minimum absolute atomic E-state index is 0.502. The van der Waals surface area contributed by atoms with E-state index in [4.69, 9.17) is 19.8 Å². The average molecular weight is 498 g/mol. The van der Waals surface area contributed by atoms with Gasteiger partial charge < -0.3 is 25.4 Å². The van der Waals surface area contributed by atoms with Crippen molar-refractivity contribution < 1.29 is 46.1 Å². The van der Waals surface area contributed by atoms with E-state index in [2.05, 4.69) is 30.2 Å². The average Bonchev–Trinajstić information content (AvgIpc) is 3.13. The fraction of sp³-hybridized carbons (Fsp3) is 0.611. The van der Waals surface area contributed by atoms with Crippen LogP contribution in [0.2, 0.25) is 0 Å². The molecule has 2 bridgehead atoms. The van der Waals surface area contributed by atoms with E-state index in [0.29, 0.717) is 24.2 Å². The van der Waals surface area contributed by atoms with Gasteiger partial charge in [-0.05, 0) is 32.1 Å². The van der Waals surface area contributed by atoms with E-state index in [1.807, 2.05) is 6.33 Å². The number of nitrogens with zero attached hydrogens (tertiary/aromatic N) is 4. The zero-order valence-electron chi connectivity index (χ0n) is 17.3. The van der Waals surface area contributed by atoms with Crippen LogP contribution in [-0.4, -0.2) is 72.1 Å². The van der Waals surface area contributed by atoms with Gasteiger partial charge in [-0.3, -0.25) is 0 Å². The van der Waals surface area contributed by atoms with E-state index in [1.165, 1.54) is 32.1 Å². The van der Waals surface area contributed by atoms with Crippen LogP contribution >= 0.6 is 0 Å². The third kappa shape index (κ3) is 6.24. The van der Waals surface area contributed by atoms with Crippen LogP contribution in [0, 0.1) is 0 Å². The predicted molar refractivity (Wildman–Crippen MR) is 103 cm³/mol. The summed E-state index contributed by atoms with van der Waals surface area (Å²) >= 11 is 0. The summed E-state index contributed by atoms with van der Waals surface area (Å²) < 4.78 is 65.7. The Morgan fingerprint density at radius 1 is 0.971 bits per heavy atom. The van der Waals surface area contributed by atoms with E-state index < -0.39 is 24.3 Å². The Bertz CT molecular complexity index is 1010. The number of hydrogen-bond donors (Lipinski definition) is 4. The molecule has 2 aromatic rings. The highest BCUT2D eigenvalue weighted by molar-refractivity contribution is 5.83. The fourth-order valence-electron chi connectivity index (χ4n) is 3.72. The number of carboxylic acid groups (broad SMARTS) is 2. The minimum Gasteiger partial charge on any atom is -0.475 e. The number of fused-ring (bicyclic) bond motifs is 3. The van der Waals surface area contributed by atoms with Crippen LogP contribution in [0.3, 0.4) is 0 Å². The molecule has 16 heteroatoms. The number of carbonyl (C=O) groups is 2. The van der Waals surface area contributed by atoms with Gasteiger partial charge in [-0.1, -0.05) is 0 Å². The van der Waals surface area contributed by atoms with Crippen LogP contribution < -0.4 is 10.6 Å². The lowest BCUT2D eigenvalue weighted by molar-refractivity contribution is -0.193. The monoisotopic (exact) mass is 498 g/mol. The molecule has 2 aromatic heterocycles. The summed E-state index contributed by atoms with van der Waals surface area (Å²) in [5.74, 6) is -4.62. The van der Waals surface area contributed by atoms with Gasteiger partial charge in [0.1, 0.15) is 11.8 Å². The summed E-state index contributed by atoms with van der Waals surface area (Å²) in [7, 11) is 0. The molecule has 188 valence electrons. The van der Waals surface area contributed by atoms with Gasteiger partial charge in [-0.15, -0.1) is 0 Å². The largest absolute Gasteiger partial charge is 0.490 e. The van der Waals surface area contributed by atoms with Gasteiger partial charge in [-0.2, -0.15) is 26.3 Å². The molecule has 0 radical (unpaired) electrons. The van der Waals surface area contributed by atoms with E-state index in [-0.39, 0.29) is 0 Å². The summed E-state index contributed by atoms with van der Waals surface area (Å²) in [4.78, 5) is 31.2. The molecular weight excluding hydrogens is 478 g/mol. The molecule has 5 rings (SSSR count). The van der Waals surface area contributed by atoms with E-state index >= 15 is 0 Å². The molecule has 10 nitrogen and oxygen atoms in total. The standard InChI is InChI=1S/C14H18N6.2C2HF3O2/c1-2-8(1)19-13-12-14(16-6-15-13)20(7-17-12)11-5-9-3-4-10(11)18-9;2*3-2(4,5)1(6)7/h6-11,18H,1-5H2,(H,15,16,19);2*(H,6,7)/t9-,10+,11+;;/m1../s1. The Labute approximate surface area is 187 Å². The maximum Gasteiger partial charge on any atom is 0.490 e. The predicted octanol–water partition coefficient (Wildman–Crippen LogP) is 2.73. The first-order valence-electron chi connectivity index (χ1n) is 10.1. The molecule has 0 unspecified atom stereocenters. The molecule has 4 heterocycles. The highest BCUT2D eigenvalue weighted by atomic mass is 19.4. The molecule has 3 aliphatic rings. The zero-order chi connectivity index (χ0) is 25.3. The Balaban J connectivity index is 0.000000194. The van der Waals surface area contributed by atoms with Crippen molar-refractivity contribution >= 4 is 28.9 Å². The first kappa shape index (κ1) is 25.5. The second-order valence-electron chi connectivity index (χ2n) is 7.92. The van der Waals surface area contributed by atoms with Crippen molar-refractivity contribution in [2.45, 2.75) is 68.6 Å². The normalized spacial score (nSPS) is 23.5. The van der Waals surface area contributed by atoms with Crippen LogP contribution in [-0.2, 0) is 9.59 Å². The Morgan fingerprint density at radius 2 is 1.56 bits per heavy atom. The van der Waals surface area contributed by atoms with Gasteiger partial charge in [0.15, 0.2) is 11.5 Å². The number of nitrogens with one attached hydrogen (secondary N) is 2. The fourth-order valence-corrected chi connectivity index (χ4v) is 3.72. The number of alkyl halides is 6. The SMILES string of the molecule is O=C(O)C(F)(F)F.O=C(O)C(F)(F)F.c1nc(NC2CC2)c2ncn([C@H]3C[C@H]4CC[C@@H]3N4)c2n1. The van der Waals surface area contributed by atoms with Gasteiger partial charge in [0, 0.05) is 18.1 Å². The van der Waals surface area contributed by atoms with Gasteiger partial charge in [-0.25, -0.2) is 24.5 Å². The first-order valence-corrected chi connectivity index (χ1v) is 10.1. The number of halogens is 6. The number of hydrogen-bond acceptors (Lipinski definition) is 7. The van der Waals surface area contributed by atoms with Crippen molar-refractivity contribution in [3.63, 3.8) is 0 Å². The van der Waals surface area contributed by atoms with Gasteiger partial charge in [0.2, 0.25) is 0 Å². The summed E-state index contributed by atoms with van der Waals surface area (Å²) in [6, 6.07) is 2.37. The Kier molecular flexibility index (Phi) is 7.18. The summed E-state index contributed by atoms with van der Waals surface area (Å²) in [6.45, 7) is 0. The number of anilines is 1. The summed E-state index contributed by atoms with van der Waals surface area (Å²) in [5.41, 5.74) is 1.89. The third-order valence-corrected chi connectivity index (χ3v) is 5.39. The molecular formula is C18H20F6N6O4. The van der Waals surface area contributed by atoms with Crippen molar-refractivity contribution in [2.75, 3.05) is 5.32 Å². The maximum absolute atomic E-state index is 10.6. The van der Waals surface area contributed by atoms with Gasteiger partial charge in [0.25, 0.3) is 0 Å². The molecule has 3 fully saturated rings. The molecule has 1 saturated carbocycles. The smallest absolute Gasteiger partial charge is 0.475 e. The van der Waals surface area contributed by atoms with Crippen molar-refractivity contribution in [3.05, 3.63) is 12.7 Å². The lowest BCUT2D eigenvalue weighted by Crippen LogP contribution is -2.25. The zero-order valence-corrected chi connectivity index (χ0v) is 17.3. The number of imidazole rings is 1. The molecule has 3 atom stereocenters. The second-order valence-corrected chi connectivity index (χ2v) is 7.92. The van der Waals surface area contributed by atoms with E-state index in [1.54, 1.807) is 6.33 Å². The van der Waals surface area contributed by atoms with Crippen LogP contribution in [0.5, 0.6) is 0 Å². The topological polar surface area (TPSA) is 142 Å². The first-order chi connectivity index (χ1) is 15.8. The molecule has 0 aromatic carbocycles. The van der Waals surface area contributed by atoms with E-state index in [9.17, 15) is 26.3 Å². The van der Waals surface area contributed by atoms with Gasteiger partial charge >= 0.3 is 24.3 Å². The van der Waals surface area contributed by atoms with Crippen molar-refractivity contribution in [1.29, 1.82) is 0 Å². The van der Waals surface area contributed by atoms with Crippen molar-refractivity contribution in [3.8, 4) is 0 Å². The number of aliphatic carboxylic acids is 2. The molecule has 0 amide bonds. The molecule has 1 aliphatic carbocycles. The minimum atomic E-state index is -5.08. The molecule has 2 aliphatic heterocycles. The number of rotatable bonds is 3. The van der Waals surface area contributed by atoms with Crippen LogP contribution in [0.4, 0.5) is 32.2 Å².